The fraction of sp³-hybridized carbons (Fsp3) is 0.364. The number of hydrogen-bond donors (Lipinski definition) is 1. The molecule has 0 aliphatic rings. The molecule has 2 aromatic carbocycles. The summed E-state index contributed by atoms with van der Waals surface area (Å²) in [4.78, 5) is 26.8. The van der Waals surface area contributed by atoms with Gasteiger partial charge in [-0.25, -0.2) is 0 Å². The molecule has 5 nitrogen and oxygen atoms in total. The topological polar surface area (TPSA) is 58.6 Å². The molecule has 27 heavy (non-hydrogen) atoms. The Balaban J connectivity index is 2.01. The molecule has 5 heteroatoms. The first-order valence-electron chi connectivity index (χ1n) is 9.52. The maximum atomic E-state index is 12.6. The standard InChI is InChI=1S/C22H28N2O3/c1-4-15-24(16-5-2)22(26)18-7-11-19(12-8-18)23-21(25)17-9-13-20(14-10-17)27-6-3/h7-14H,4-6,15-16H2,1-3H3,(H,23,25). The van der Waals surface area contributed by atoms with Gasteiger partial charge in [-0.3, -0.25) is 9.59 Å². The third-order valence-electron chi connectivity index (χ3n) is 4.09. The number of nitrogens with one attached hydrogen (secondary N) is 1. The van der Waals surface area contributed by atoms with Crippen LogP contribution in [-0.2, 0) is 0 Å². The Morgan fingerprint density at radius 1 is 0.852 bits per heavy atom. The lowest BCUT2D eigenvalue weighted by atomic mass is 10.1. The van der Waals surface area contributed by atoms with E-state index in [0.29, 0.717) is 23.4 Å². The number of carbonyl (C=O) groups is 2. The first-order valence-corrected chi connectivity index (χ1v) is 9.52. The fourth-order valence-corrected chi connectivity index (χ4v) is 2.81. The summed E-state index contributed by atoms with van der Waals surface area (Å²) in [5, 5.41) is 2.85. The van der Waals surface area contributed by atoms with Crippen LogP contribution in [0.1, 0.15) is 54.3 Å². The molecule has 0 saturated heterocycles. The Hall–Kier alpha value is -2.82. The molecule has 0 aliphatic heterocycles. The van der Waals surface area contributed by atoms with E-state index in [9.17, 15) is 9.59 Å². The van der Waals surface area contributed by atoms with Crippen molar-refractivity contribution in [3.63, 3.8) is 0 Å². The van der Waals surface area contributed by atoms with Gasteiger partial charge in [0.15, 0.2) is 0 Å². The minimum Gasteiger partial charge on any atom is -0.494 e. The molecule has 0 fully saturated rings. The third kappa shape index (κ3) is 5.84. The molecule has 2 rings (SSSR count). The first-order chi connectivity index (χ1) is 13.1. The van der Waals surface area contributed by atoms with E-state index in [4.69, 9.17) is 4.74 Å². The molecule has 0 heterocycles. The van der Waals surface area contributed by atoms with Gasteiger partial charge in [-0.05, 0) is 68.3 Å². The molecule has 0 radical (unpaired) electrons. The van der Waals surface area contributed by atoms with Crippen molar-refractivity contribution in [2.45, 2.75) is 33.6 Å². The Bertz CT molecular complexity index is 733. The molecule has 0 aliphatic carbocycles. The van der Waals surface area contributed by atoms with E-state index in [-0.39, 0.29) is 11.8 Å². The van der Waals surface area contributed by atoms with E-state index in [2.05, 4.69) is 19.2 Å². The molecular weight excluding hydrogens is 340 g/mol. The summed E-state index contributed by atoms with van der Waals surface area (Å²) < 4.78 is 5.38. The minimum atomic E-state index is -0.198. The summed E-state index contributed by atoms with van der Waals surface area (Å²) in [5.41, 5.74) is 1.84. The highest BCUT2D eigenvalue weighted by atomic mass is 16.5. The van der Waals surface area contributed by atoms with Crippen molar-refractivity contribution >= 4 is 17.5 Å². The molecule has 2 aromatic rings. The lowest BCUT2D eigenvalue weighted by molar-refractivity contribution is 0.0755. The molecule has 0 aromatic heterocycles. The first kappa shape index (κ1) is 20.5. The van der Waals surface area contributed by atoms with Crippen molar-refractivity contribution in [3.8, 4) is 5.75 Å². The number of carbonyl (C=O) groups excluding carboxylic acids is 2. The van der Waals surface area contributed by atoms with Crippen molar-refractivity contribution in [3.05, 3.63) is 59.7 Å². The van der Waals surface area contributed by atoms with Gasteiger partial charge in [-0.2, -0.15) is 0 Å². The summed E-state index contributed by atoms with van der Waals surface area (Å²) in [6.07, 6.45) is 1.87. The zero-order valence-corrected chi connectivity index (χ0v) is 16.3. The third-order valence-corrected chi connectivity index (χ3v) is 4.09. The average molecular weight is 368 g/mol. The van der Waals surface area contributed by atoms with Crippen LogP contribution in [0.15, 0.2) is 48.5 Å². The second-order valence-electron chi connectivity index (χ2n) is 6.28. The van der Waals surface area contributed by atoms with Crippen molar-refractivity contribution in [1.29, 1.82) is 0 Å². The summed E-state index contributed by atoms with van der Waals surface area (Å²) in [7, 11) is 0. The molecule has 0 bridgehead atoms. The maximum absolute atomic E-state index is 12.6. The monoisotopic (exact) mass is 368 g/mol. The van der Waals surface area contributed by atoms with Gasteiger partial charge in [0.05, 0.1) is 6.61 Å². The van der Waals surface area contributed by atoms with Gasteiger partial charge in [-0.1, -0.05) is 13.8 Å². The van der Waals surface area contributed by atoms with Crippen LogP contribution in [-0.4, -0.2) is 36.4 Å². The van der Waals surface area contributed by atoms with Crippen LogP contribution < -0.4 is 10.1 Å². The molecule has 0 atom stereocenters. The maximum Gasteiger partial charge on any atom is 0.255 e. The molecule has 1 N–H and O–H groups in total. The number of rotatable bonds is 9. The van der Waals surface area contributed by atoms with Gasteiger partial charge in [0.1, 0.15) is 5.75 Å². The number of amides is 2. The zero-order valence-electron chi connectivity index (χ0n) is 16.3. The zero-order chi connectivity index (χ0) is 19.6. The van der Waals surface area contributed by atoms with Crippen LogP contribution >= 0.6 is 0 Å². The highest BCUT2D eigenvalue weighted by Gasteiger charge is 2.14. The highest BCUT2D eigenvalue weighted by molar-refractivity contribution is 6.04. The number of hydrogen-bond acceptors (Lipinski definition) is 3. The summed E-state index contributed by atoms with van der Waals surface area (Å²) >= 11 is 0. The Kier molecular flexibility index (Phi) is 7.86. The van der Waals surface area contributed by atoms with E-state index in [0.717, 1.165) is 31.7 Å². The Labute approximate surface area is 161 Å². The lowest BCUT2D eigenvalue weighted by Crippen LogP contribution is -2.32. The van der Waals surface area contributed by atoms with E-state index < -0.39 is 0 Å². The van der Waals surface area contributed by atoms with Crippen molar-refractivity contribution in [2.75, 3.05) is 25.0 Å². The van der Waals surface area contributed by atoms with Gasteiger partial charge in [-0.15, -0.1) is 0 Å². The molecule has 0 spiro atoms. The minimum absolute atomic E-state index is 0.0306. The van der Waals surface area contributed by atoms with Crippen LogP contribution in [0.5, 0.6) is 5.75 Å². The van der Waals surface area contributed by atoms with Gasteiger partial charge in [0.2, 0.25) is 0 Å². The van der Waals surface area contributed by atoms with Gasteiger partial charge in [0.25, 0.3) is 11.8 Å². The quantitative estimate of drug-likeness (QED) is 0.704. The second kappa shape index (κ2) is 10.4. The number of ether oxygens (including phenoxy) is 1. The fourth-order valence-electron chi connectivity index (χ4n) is 2.81. The van der Waals surface area contributed by atoms with Crippen LogP contribution in [0.2, 0.25) is 0 Å². The highest BCUT2D eigenvalue weighted by Crippen LogP contribution is 2.16. The molecule has 144 valence electrons. The van der Waals surface area contributed by atoms with E-state index in [1.807, 2.05) is 11.8 Å². The van der Waals surface area contributed by atoms with Gasteiger partial charge < -0.3 is 15.0 Å². The normalized spacial score (nSPS) is 10.3. The number of anilines is 1. The Morgan fingerprint density at radius 2 is 1.41 bits per heavy atom. The Morgan fingerprint density at radius 3 is 1.93 bits per heavy atom. The van der Waals surface area contributed by atoms with Crippen LogP contribution in [0, 0.1) is 0 Å². The van der Waals surface area contributed by atoms with Crippen LogP contribution in [0.3, 0.4) is 0 Å². The number of benzene rings is 2. The van der Waals surface area contributed by atoms with E-state index >= 15 is 0 Å². The molecule has 2 amide bonds. The van der Waals surface area contributed by atoms with Gasteiger partial charge in [0, 0.05) is 29.9 Å². The summed E-state index contributed by atoms with van der Waals surface area (Å²) in [5.74, 6) is 0.569. The smallest absolute Gasteiger partial charge is 0.255 e. The molecular formula is C22H28N2O3. The summed E-state index contributed by atoms with van der Waals surface area (Å²) in [6, 6.07) is 14.0. The lowest BCUT2D eigenvalue weighted by Gasteiger charge is -2.21. The van der Waals surface area contributed by atoms with Crippen LogP contribution in [0.25, 0.3) is 0 Å². The predicted molar refractivity (Wildman–Crippen MR) is 108 cm³/mol. The van der Waals surface area contributed by atoms with E-state index in [1.54, 1.807) is 48.5 Å². The van der Waals surface area contributed by atoms with E-state index in [1.165, 1.54) is 0 Å². The number of nitrogens with zero attached hydrogens (tertiary/aromatic N) is 1. The second-order valence-corrected chi connectivity index (χ2v) is 6.28. The largest absolute Gasteiger partial charge is 0.494 e. The molecule has 0 saturated carbocycles. The van der Waals surface area contributed by atoms with Crippen LogP contribution in [0.4, 0.5) is 5.69 Å². The van der Waals surface area contributed by atoms with Crippen molar-refractivity contribution in [1.82, 2.24) is 4.90 Å². The van der Waals surface area contributed by atoms with Gasteiger partial charge >= 0.3 is 0 Å². The summed E-state index contributed by atoms with van der Waals surface area (Å²) in [6.45, 7) is 8.14. The predicted octanol–water partition coefficient (Wildman–Crippen LogP) is 4.60. The SMILES string of the molecule is CCCN(CCC)C(=O)c1ccc(NC(=O)c2ccc(OCC)cc2)cc1. The van der Waals surface area contributed by atoms with Crippen molar-refractivity contribution < 1.29 is 14.3 Å². The van der Waals surface area contributed by atoms with Crippen molar-refractivity contribution in [2.24, 2.45) is 0 Å². The average Bonchev–Trinajstić information content (AvgIpc) is 2.68. The molecule has 0 unspecified atom stereocenters.